The third-order valence-electron chi connectivity index (χ3n) is 3.49. The van der Waals surface area contributed by atoms with Gasteiger partial charge in [-0.2, -0.15) is 0 Å². The van der Waals surface area contributed by atoms with Gasteiger partial charge in [0.25, 0.3) is 5.56 Å². The highest BCUT2D eigenvalue weighted by atomic mass is 35.5. The van der Waals surface area contributed by atoms with Crippen LogP contribution in [0.25, 0.3) is 11.4 Å². The second kappa shape index (κ2) is 5.96. The van der Waals surface area contributed by atoms with E-state index in [4.69, 9.17) is 11.6 Å². The molecule has 0 amide bonds. The summed E-state index contributed by atoms with van der Waals surface area (Å²) in [5.41, 5.74) is 2.02. The Morgan fingerprint density at radius 3 is 2.74 bits per heavy atom. The Kier molecular flexibility index (Phi) is 4.00. The van der Waals surface area contributed by atoms with Gasteiger partial charge in [0.2, 0.25) is 0 Å². The lowest BCUT2D eigenvalue weighted by molar-refractivity contribution is 0.617. The maximum atomic E-state index is 13.0. The molecule has 0 radical (unpaired) electrons. The van der Waals surface area contributed by atoms with E-state index < -0.39 is 0 Å². The first-order valence-electron chi connectivity index (χ1n) is 6.95. The molecule has 0 spiro atoms. The van der Waals surface area contributed by atoms with E-state index in [1.165, 1.54) is 16.8 Å². The molecule has 3 rings (SSSR count). The lowest BCUT2D eigenvalue weighted by atomic mass is 10.2. The second-order valence-electron chi connectivity index (χ2n) is 5.31. The van der Waals surface area contributed by atoms with Crippen LogP contribution in [-0.2, 0) is 13.6 Å². The Morgan fingerprint density at radius 1 is 1.30 bits per heavy atom. The highest BCUT2D eigenvalue weighted by molar-refractivity contribution is 6.29. The summed E-state index contributed by atoms with van der Waals surface area (Å²) < 4.78 is 16.3. The Hall–Kier alpha value is -2.47. The lowest BCUT2D eigenvalue weighted by Crippen LogP contribution is -2.18. The van der Waals surface area contributed by atoms with Gasteiger partial charge in [-0.05, 0) is 25.1 Å². The molecule has 0 atom stereocenters. The van der Waals surface area contributed by atoms with E-state index in [0.29, 0.717) is 28.8 Å². The molecule has 118 valence electrons. The number of halogens is 2. The first kappa shape index (κ1) is 15.4. The van der Waals surface area contributed by atoms with Gasteiger partial charge in [-0.1, -0.05) is 11.6 Å². The standard InChI is InChI=1S/C16H14ClFN4O/c1-10-5-11(7-21(2)16(10)23)15-20-14(17)9-22(15)8-13-4-3-12(18)6-19-13/h3-7,9H,8H2,1-2H3. The fourth-order valence-corrected chi connectivity index (χ4v) is 2.61. The molecule has 3 aromatic heterocycles. The van der Waals surface area contributed by atoms with E-state index in [0.717, 1.165) is 5.56 Å². The van der Waals surface area contributed by atoms with Gasteiger partial charge in [0.15, 0.2) is 0 Å². The molecule has 0 saturated carbocycles. The number of pyridine rings is 2. The smallest absolute Gasteiger partial charge is 0.253 e. The van der Waals surface area contributed by atoms with E-state index >= 15 is 0 Å². The number of nitrogens with zero attached hydrogens (tertiary/aromatic N) is 4. The predicted octanol–water partition coefficient (Wildman–Crippen LogP) is 2.79. The monoisotopic (exact) mass is 332 g/mol. The van der Waals surface area contributed by atoms with Crippen molar-refractivity contribution in [3.05, 3.63) is 69.4 Å². The number of hydrogen-bond acceptors (Lipinski definition) is 3. The molecule has 0 aliphatic carbocycles. The minimum atomic E-state index is -0.383. The van der Waals surface area contributed by atoms with Gasteiger partial charge in [-0.3, -0.25) is 9.78 Å². The molecule has 23 heavy (non-hydrogen) atoms. The average molecular weight is 333 g/mol. The van der Waals surface area contributed by atoms with Crippen LogP contribution in [0.3, 0.4) is 0 Å². The van der Waals surface area contributed by atoms with Crippen LogP contribution in [0.4, 0.5) is 4.39 Å². The van der Waals surface area contributed by atoms with Gasteiger partial charge < -0.3 is 9.13 Å². The van der Waals surface area contributed by atoms with Crippen LogP contribution < -0.4 is 5.56 Å². The van der Waals surface area contributed by atoms with Crippen molar-refractivity contribution in [3.63, 3.8) is 0 Å². The molecule has 5 nitrogen and oxygen atoms in total. The fourth-order valence-electron chi connectivity index (χ4n) is 2.41. The summed E-state index contributed by atoms with van der Waals surface area (Å²) in [5, 5.41) is 0.341. The normalized spacial score (nSPS) is 11.0. The fraction of sp³-hybridized carbons (Fsp3) is 0.188. The molecule has 0 fully saturated rings. The van der Waals surface area contributed by atoms with Crippen LogP contribution in [-0.4, -0.2) is 19.1 Å². The average Bonchev–Trinajstić information content (AvgIpc) is 2.87. The van der Waals surface area contributed by atoms with Crippen molar-refractivity contribution in [2.45, 2.75) is 13.5 Å². The van der Waals surface area contributed by atoms with E-state index in [1.807, 2.05) is 4.57 Å². The zero-order chi connectivity index (χ0) is 16.6. The third kappa shape index (κ3) is 3.17. The van der Waals surface area contributed by atoms with Crippen molar-refractivity contribution in [2.24, 2.45) is 7.05 Å². The Morgan fingerprint density at radius 2 is 2.09 bits per heavy atom. The molecule has 7 heteroatoms. The molecule has 0 aliphatic heterocycles. The van der Waals surface area contributed by atoms with Gasteiger partial charge >= 0.3 is 0 Å². The van der Waals surface area contributed by atoms with Crippen LogP contribution in [0.5, 0.6) is 0 Å². The first-order valence-corrected chi connectivity index (χ1v) is 7.32. The SMILES string of the molecule is Cc1cc(-c2nc(Cl)cn2Cc2ccc(F)cn2)cn(C)c1=O. The molecule has 0 saturated heterocycles. The summed E-state index contributed by atoms with van der Waals surface area (Å²) in [4.78, 5) is 20.2. The summed E-state index contributed by atoms with van der Waals surface area (Å²) >= 11 is 6.04. The Bertz CT molecular complexity index is 889. The highest BCUT2D eigenvalue weighted by Crippen LogP contribution is 2.22. The van der Waals surface area contributed by atoms with Crippen LogP contribution in [0.2, 0.25) is 5.15 Å². The molecular formula is C16H14ClFN4O. The Labute approximate surface area is 137 Å². The molecule has 0 bridgehead atoms. The van der Waals surface area contributed by atoms with E-state index in [1.54, 1.807) is 38.5 Å². The quantitative estimate of drug-likeness (QED) is 0.741. The van der Waals surface area contributed by atoms with Gasteiger partial charge in [-0.25, -0.2) is 9.37 Å². The first-order chi connectivity index (χ1) is 10.9. The zero-order valence-corrected chi connectivity index (χ0v) is 13.4. The van der Waals surface area contributed by atoms with Crippen LogP contribution in [0.1, 0.15) is 11.3 Å². The van der Waals surface area contributed by atoms with Crippen molar-refractivity contribution >= 4 is 11.6 Å². The number of aromatic nitrogens is 4. The van der Waals surface area contributed by atoms with Gasteiger partial charge in [-0.15, -0.1) is 0 Å². The number of aryl methyl sites for hydroxylation is 2. The molecule has 0 aliphatic rings. The van der Waals surface area contributed by atoms with E-state index in [9.17, 15) is 9.18 Å². The molecular weight excluding hydrogens is 319 g/mol. The third-order valence-corrected chi connectivity index (χ3v) is 3.67. The molecule has 3 aromatic rings. The van der Waals surface area contributed by atoms with Crippen molar-refractivity contribution in [3.8, 4) is 11.4 Å². The van der Waals surface area contributed by atoms with Gasteiger partial charge in [0.1, 0.15) is 16.8 Å². The largest absolute Gasteiger partial charge is 0.323 e. The van der Waals surface area contributed by atoms with Crippen LogP contribution in [0.15, 0.2) is 41.6 Å². The van der Waals surface area contributed by atoms with Crippen molar-refractivity contribution in [1.82, 2.24) is 19.1 Å². The van der Waals surface area contributed by atoms with Crippen molar-refractivity contribution in [2.75, 3.05) is 0 Å². The Balaban J connectivity index is 2.04. The van der Waals surface area contributed by atoms with E-state index in [-0.39, 0.29) is 11.4 Å². The summed E-state index contributed by atoms with van der Waals surface area (Å²) in [5.74, 6) is 0.242. The number of imidazole rings is 1. The van der Waals surface area contributed by atoms with Crippen LogP contribution in [0, 0.1) is 12.7 Å². The molecule has 3 heterocycles. The topological polar surface area (TPSA) is 52.7 Å². The van der Waals surface area contributed by atoms with Crippen LogP contribution >= 0.6 is 11.6 Å². The summed E-state index contributed by atoms with van der Waals surface area (Å²) in [7, 11) is 1.69. The second-order valence-corrected chi connectivity index (χ2v) is 5.70. The predicted molar refractivity (Wildman–Crippen MR) is 85.9 cm³/mol. The van der Waals surface area contributed by atoms with Crippen molar-refractivity contribution < 1.29 is 4.39 Å². The molecule has 0 aromatic carbocycles. The minimum absolute atomic E-state index is 0.0573. The van der Waals surface area contributed by atoms with Gasteiger partial charge in [0.05, 0.1) is 18.4 Å². The number of hydrogen-bond donors (Lipinski definition) is 0. The molecule has 0 N–H and O–H groups in total. The molecule has 0 unspecified atom stereocenters. The summed E-state index contributed by atoms with van der Waals surface area (Å²) in [6.45, 7) is 2.15. The van der Waals surface area contributed by atoms with Crippen molar-refractivity contribution in [1.29, 1.82) is 0 Å². The zero-order valence-electron chi connectivity index (χ0n) is 12.6. The maximum Gasteiger partial charge on any atom is 0.253 e. The van der Waals surface area contributed by atoms with E-state index in [2.05, 4.69) is 9.97 Å². The van der Waals surface area contributed by atoms with Gasteiger partial charge in [0, 0.05) is 30.6 Å². The minimum Gasteiger partial charge on any atom is -0.323 e. The lowest BCUT2D eigenvalue weighted by Gasteiger charge is -2.09. The highest BCUT2D eigenvalue weighted by Gasteiger charge is 2.12. The number of rotatable bonds is 3. The maximum absolute atomic E-state index is 13.0. The summed E-state index contributed by atoms with van der Waals surface area (Å²) in [6, 6.07) is 4.74. The summed E-state index contributed by atoms with van der Waals surface area (Å²) in [6.07, 6.45) is 4.56.